The predicted molar refractivity (Wildman–Crippen MR) is 103 cm³/mol. The highest BCUT2D eigenvalue weighted by atomic mass is 19.1. The van der Waals surface area contributed by atoms with Gasteiger partial charge in [-0.3, -0.25) is 4.79 Å². The molecule has 2 N–H and O–H groups in total. The molecule has 28 heavy (non-hydrogen) atoms. The number of carbonyl (C=O) groups excluding carboxylic acids is 1. The van der Waals surface area contributed by atoms with Gasteiger partial charge in [0.2, 0.25) is 5.91 Å². The molecule has 3 rings (SSSR count). The lowest BCUT2D eigenvalue weighted by Crippen LogP contribution is -2.37. The summed E-state index contributed by atoms with van der Waals surface area (Å²) in [7, 11) is 0. The first-order chi connectivity index (χ1) is 13.6. The van der Waals surface area contributed by atoms with E-state index in [-0.39, 0.29) is 18.2 Å². The number of morpholine rings is 1. The largest absolute Gasteiger partial charge is 0.394 e. The highest BCUT2D eigenvalue weighted by Crippen LogP contribution is 2.25. The maximum atomic E-state index is 14.3. The highest BCUT2D eigenvalue weighted by Gasteiger charge is 2.19. The molecule has 0 bridgehead atoms. The van der Waals surface area contributed by atoms with Crippen LogP contribution >= 0.6 is 0 Å². The van der Waals surface area contributed by atoms with Gasteiger partial charge in [-0.05, 0) is 41.5 Å². The number of aliphatic hydroxyl groups is 1. The van der Waals surface area contributed by atoms with E-state index in [0.717, 1.165) is 0 Å². The van der Waals surface area contributed by atoms with Crippen LogP contribution in [0.15, 0.2) is 48.5 Å². The van der Waals surface area contributed by atoms with Gasteiger partial charge in [0.15, 0.2) is 0 Å². The molecule has 0 saturated carbocycles. The number of ether oxygens (including phenoxy) is 1. The molecule has 1 amide bonds. The van der Waals surface area contributed by atoms with Crippen molar-refractivity contribution in [1.29, 1.82) is 0 Å². The zero-order valence-corrected chi connectivity index (χ0v) is 15.3. The summed E-state index contributed by atoms with van der Waals surface area (Å²) in [5.41, 5.74) is 1.71. The number of nitrogens with zero attached hydrogens (tertiary/aromatic N) is 1. The monoisotopic (exact) mass is 388 g/mol. The average Bonchev–Trinajstić information content (AvgIpc) is 2.73. The summed E-state index contributed by atoms with van der Waals surface area (Å²) in [6, 6.07) is 9.57. The van der Waals surface area contributed by atoms with Crippen molar-refractivity contribution in [2.45, 2.75) is 6.04 Å². The molecule has 1 fully saturated rings. The van der Waals surface area contributed by atoms with Crippen LogP contribution in [0.25, 0.3) is 6.08 Å². The molecule has 1 heterocycles. The Balaban J connectivity index is 1.70. The second-order valence-corrected chi connectivity index (χ2v) is 6.44. The van der Waals surface area contributed by atoms with Crippen LogP contribution in [-0.4, -0.2) is 43.9 Å². The molecule has 2 aromatic carbocycles. The van der Waals surface area contributed by atoms with Gasteiger partial charge in [0.1, 0.15) is 11.6 Å². The summed E-state index contributed by atoms with van der Waals surface area (Å²) >= 11 is 0. The second kappa shape index (κ2) is 9.43. The highest BCUT2D eigenvalue weighted by molar-refractivity contribution is 5.92. The minimum atomic E-state index is -0.675. The lowest BCUT2D eigenvalue weighted by Gasteiger charge is -2.30. The molecule has 5 nitrogen and oxygen atoms in total. The lowest BCUT2D eigenvalue weighted by atomic mass is 10.1. The van der Waals surface area contributed by atoms with Crippen molar-refractivity contribution < 1.29 is 23.4 Å². The third-order valence-corrected chi connectivity index (χ3v) is 4.52. The van der Waals surface area contributed by atoms with Gasteiger partial charge < -0.3 is 20.1 Å². The summed E-state index contributed by atoms with van der Waals surface area (Å²) in [4.78, 5) is 14.1. The predicted octanol–water partition coefficient (Wildman–Crippen LogP) is 2.66. The Morgan fingerprint density at radius 2 is 1.89 bits per heavy atom. The number of hydrogen-bond donors (Lipinski definition) is 2. The molecule has 1 unspecified atom stereocenters. The van der Waals surface area contributed by atoms with Crippen LogP contribution in [0.2, 0.25) is 0 Å². The number of hydrogen-bond acceptors (Lipinski definition) is 4. The Labute approximate surface area is 162 Å². The Hall–Kier alpha value is -2.77. The Kier molecular flexibility index (Phi) is 6.73. The van der Waals surface area contributed by atoms with Gasteiger partial charge >= 0.3 is 0 Å². The smallest absolute Gasteiger partial charge is 0.244 e. The molecule has 0 radical (unpaired) electrons. The zero-order chi connectivity index (χ0) is 19.9. The summed E-state index contributed by atoms with van der Waals surface area (Å²) < 4.78 is 32.5. The van der Waals surface area contributed by atoms with Crippen molar-refractivity contribution >= 4 is 17.7 Å². The van der Waals surface area contributed by atoms with E-state index in [1.54, 1.807) is 30.3 Å². The maximum Gasteiger partial charge on any atom is 0.244 e. The van der Waals surface area contributed by atoms with Crippen molar-refractivity contribution in [3.63, 3.8) is 0 Å². The van der Waals surface area contributed by atoms with Crippen molar-refractivity contribution in [3.05, 3.63) is 71.3 Å². The molecule has 7 heteroatoms. The molecule has 1 atom stereocenters. The standard InChI is InChI=1S/C21H22F2N2O3/c22-17-5-1-15(2-6-17)3-8-21(27)24-19(14-26)16-4-7-18(23)20(13-16)25-9-11-28-12-10-25/h1-8,13,19,26H,9-12,14H2,(H,24,27)/b8-3-. The lowest BCUT2D eigenvalue weighted by molar-refractivity contribution is -0.117. The number of rotatable bonds is 6. The van der Waals surface area contributed by atoms with Crippen LogP contribution in [0.3, 0.4) is 0 Å². The Morgan fingerprint density at radius 3 is 2.57 bits per heavy atom. The third kappa shape index (κ3) is 5.15. The van der Waals surface area contributed by atoms with Crippen molar-refractivity contribution in [1.82, 2.24) is 5.32 Å². The first-order valence-electron chi connectivity index (χ1n) is 9.04. The van der Waals surface area contributed by atoms with Gasteiger partial charge in [0.05, 0.1) is 31.5 Å². The van der Waals surface area contributed by atoms with Crippen molar-refractivity contribution in [3.8, 4) is 0 Å². The number of halogens is 2. The minimum absolute atomic E-state index is 0.329. The van der Waals surface area contributed by atoms with Gasteiger partial charge in [-0.2, -0.15) is 0 Å². The SMILES string of the molecule is O=C(/C=C\c1ccc(F)cc1)NC(CO)c1ccc(F)c(N2CCOCC2)c1. The van der Waals surface area contributed by atoms with Gasteiger partial charge in [-0.25, -0.2) is 8.78 Å². The van der Waals surface area contributed by atoms with Crippen LogP contribution < -0.4 is 10.2 Å². The summed E-state index contributed by atoms with van der Waals surface area (Å²) in [6.07, 6.45) is 2.86. The van der Waals surface area contributed by atoms with E-state index in [0.29, 0.717) is 43.1 Å². The molecular weight excluding hydrogens is 366 g/mol. The number of carbonyl (C=O) groups is 1. The van der Waals surface area contributed by atoms with Gasteiger partial charge in [-0.1, -0.05) is 18.2 Å². The van der Waals surface area contributed by atoms with Crippen molar-refractivity contribution in [2.75, 3.05) is 37.8 Å². The van der Waals surface area contributed by atoms with E-state index in [4.69, 9.17) is 4.74 Å². The second-order valence-electron chi connectivity index (χ2n) is 6.44. The number of aliphatic hydroxyl groups excluding tert-OH is 1. The third-order valence-electron chi connectivity index (χ3n) is 4.52. The van der Waals surface area contributed by atoms with Crippen LogP contribution in [-0.2, 0) is 9.53 Å². The molecule has 1 saturated heterocycles. The molecule has 0 aromatic heterocycles. The molecule has 2 aromatic rings. The minimum Gasteiger partial charge on any atom is -0.394 e. The van der Waals surface area contributed by atoms with E-state index in [1.807, 2.05) is 4.90 Å². The number of amides is 1. The van der Waals surface area contributed by atoms with Crippen LogP contribution in [0.5, 0.6) is 0 Å². The first-order valence-corrected chi connectivity index (χ1v) is 9.04. The van der Waals surface area contributed by atoms with Crippen LogP contribution in [0.4, 0.5) is 14.5 Å². The Bertz CT molecular complexity index is 834. The number of anilines is 1. The van der Waals surface area contributed by atoms with E-state index < -0.39 is 11.9 Å². The van der Waals surface area contributed by atoms with Crippen molar-refractivity contribution in [2.24, 2.45) is 0 Å². The molecule has 1 aliphatic heterocycles. The quantitative estimate of drug-likeness (QED) is 0.747. The Morgan fingerprint density at radius 1 is 1.18 bits per heavy atom. The maximum absolute atomic E-state index is 14.3. The topological polar surface area (TPSA) is 61.8 Å². The zero-order valence-electron chi connectivity index (χ0n) is 15.3. The van der Waals surface area contributed by atoms with E-state index in [2.05, 4.69) is 5.32 Å². The molecule has 1 aliphatic rings. The summed E-state index contributed by atoms with van der Waals surface area (Å²) in [5.74, 6) is -1.13. The van der Waals surface area contributed by atoms with Crippen LogP contribution in [0.1, 0.15) is 17.2 Å². The van der Waals surface area contributed by atoms with Gasteiger partial charge in [0.25, 0.3) is 0 Å². The van der Waals surface area contributed by atoms with Gasteiger partial charge in [0, 0.05) is 19.2 Å². The van der Waals surface area contributed by atoms with E-state index >= 15 is 0 Å². The van der Waals surface area contributed by atoms with E-state index in [9.17, 15) is 18.7 Å². The molecule has 0 aliphatic carbocycles. The fourth-order valence-electron chi connectivity index (χ4n) is 2.99. The first kappa shape index (κ1) is 20.0. The molecular formula is C21H22F2N2O3. The molecule has 148 valence electrons. The fraction of sp³-hybridized carbons (Fsp3) is 0.286. The molecule has 0 spiro atoms. The van der Waals surface area contributed by atoms with Crippen LogP contribution in [0, 0.1) is 11.6 Å². The normalized spacial score (nSPS) is 15.6. The van der Waals surface area contributed by atoms with Gasteiger partial charge in [-0.15, -0.1) is 0 Å². The summed E-state index contributed by atoms with van der Waals surface area (Å²) in [6.45, 7) is 1.88. The average molecular weight is 388 g/mol. The number of nitrogens with one attached hydrogen (secondary N) is 1. The van der Waals surface area contributed by atoms with E-state index in [1.165, 1.54) is 24.3 Å². The fourth-order valence-corrected chi connectivity index (χ4v) is 2.99. The number of benzene rings is 2. The summed E-state index contributed by atoms with van der Waals surface area (Å²) in [5, 5.41) is 12.4.